The molecule has 1 heterocycles. The molecular formula is C7H10F3N5O. The van der Waals surface area contributed by atoms with E-state index in [0.717, 1.165) is 0 Å². The molecule has 0 radical (unpaired) electrons. The molecule has 9 heteroatoms. The van der Waals surface area contributed by atoms with E-state index in [0.29, 0.717) is 6.54 Å². The summed E-state index contributed by atoms with van der Waals surface area (Å²) in [6.45, 7) is 0.419. The molecule has 0 aliphatic carbocycles. The van der Waals surface area contributed by atoms with Gasteiger partial charge >= 0.3 is 6.18 Å². The number of rotatable bonds is 4. The van der Waals surface area contributed by atoms with E-state index in [1.807, 2.05) is 0 Å². The van der Waals surface area contributed by atoms with Crippen LogP contribution in [0, 0.1) is 0 Å². The average Bonchev–Trinajstić information content (AvgIpc) is 2.62. The van der Waals surface area contributed by atoms with E-state index in [4.69, 9.17) is 0 Å². The zero-order chi connectivity index (χ0) is 12.2. The van der Waals surface area contributed by atoms with E-state index in [-0.39, 0.29) is 12.4 Å². The Kier molecular flexibility index (Phi) is 3.82. The van der Waals surface area contributed by atoms with Gasteiger partial charge in [-0.05, 0) is 7.05 Å². The largest absolute Gasteiger partial charge is 0.451 e. The minimum atomic E-state index is -4.60. The Hall–Kier alpha value is -1.64. The van der Waals surface area contributed by atoms with Crippen molar-refractivity contribution < 1.29 is 18.0 Å². The fraction of sp³-hybridized carbons (Fsp3) is 0.571. The molecule has 0 spiro atoms. The number of H-pyrrole nitrogens is 1. The van der Waals surface area contributed by atoms with E-state index in [2.05, 4.69) is 20.7 Å². The number of carbonyl (C=O) groups excluding carboxylic acids is 1. The summed E-state index contributed by atoms with van der Waals surface area (Å²) >= 11 is 0. The summed E-state index contributed by atoms with van der Waals surface area (Å²) in [6, 6.07) is 0. The van der Waals surface area contributed by atoms with Crippen molar-refractivity contribution in [1.82, 2.24) is 20.5 Å². The molecule has 0 saturated carbocycles. The monoisotopic (exact) mass is 237 g/mol. The number of anilines is 1. The Morgan fingerprint density at radius 3 is 2.69 bits per heavy atom. The molecule has 0 unspecified atom stereocenters. The number of halogens is 3. The van der Waals surface area contributed by atoms with Gasteiger partial charge in [0, 0.05) is 13.0 Å². The summed E-state index contributed by atoms with van der Waals surface area (Å²) in [5, 5.41) is 9.77. The Bertz CT molecular complexity index is 361. The minimum absolute atomic E-state index is 0.131. The third-order valence-corrected chi connectivity index (χ3v) is 1.61. The van der Waals surface area contributed by atoms with Crippen molar-refractivity contribution in [3.63, 3.8) is 0 Å². The van der Waals surface area contributed by atoms with Crippen molar-refractivity contribution in [3.8, 4) is 0 Å². The summed E-state index contributed by atoms with van der Waals surface area (Å²) < 4.78 is 36.3. The number of amides is 1. The maximum absolute atomic E-state index is 12.1. The lowest BCUT2D eigenvalue weighted by molar-refractivity contribution is -0.144. The van der Waals surface area contributed by atoms with E-state index < -0.39 is 17.9 Å². The Labute approximate surface area is 88.6 Å². The number of nitrogens with one attached hydrogen (secondary N) is 3. The van der Waals surface area contributed by atoms with E-state index in [1.165, 1.54) is 0 Å². The Balaban J connectivity index is 2.56. The normalized spacial score (nSPS) is 11.5. The van der Waals surface area contributed by atoms with Crippen LogP contribution in [-0.2, 0) is 11.0 Å². The average molecular weight is 237 g/mol. The molecule has 1 aromatic rings. The maximum Gasteiger partial charge on any atom is 0.451 e. The zero-order valence-electron chi connectivity index (χ0n) is 8.35. The molecule has 0 fully saturated rings. The molecule has 3 N–H and O–H groups in total. The first-order chi connectivity index (χ1) is 7.43. The van der Waals surface area contributed by atoms with Crippen LogP contribution in [0.2, 0.25) is 0 Å². The van der Waals surface area contributed by atoms with Crippen LogP contribution in [0.4, 0.5) is 19.1 Å². The molecule has 1 rings (SSSR count). The van der Waals surface area contributed by atoms with Gasteiger partial charge in [0.25, 0.3) is 0 Å². The van der Waals surface area contributed by atoms with Crippen LogP contribution in [0.15, 0.2) is 0 Å². The quantitative estimate of drug-likeness (QED) is 0.706. The number of aromatic nitrogens is 3. The fourth-order valence-electron chi connectivity index (χ4n) is 0.870. The molecule has 1 amide bonds. The second kappa shape index (κ2) is 4.92. The lowest BCUT2D eigenvalue weighted by atomic mass is 10.4. The molecular weight excluding hydrogens is 227 g/mol. The Morgan fingerprint density at radius 2 is 2.19 bits per heavy atom. The molecule has 0 atom stereocenters. The topological polar surface area (TPSA) is 82.7 Å². The van der Waals surface area contributed by atoms with Crippen molar-refractivity contribution in [1.29, 1.82) is 0 Å². The van der Waals surface area contributed by atoms with Gasteiger partial charge in [0.1, 0.15) is 0 Å². The third kappa shape index (κ3) is 3.50. The highest BCUT2D eigenvalue weighted by atomic mass is 19.4. The highest BCUT2D eigenvalue weighted by Crippen LogP contribution is 2.26. The lowest BCUT2D eigenvalue weighted by Crippen LogP contribution is -2.19. The molecule has 6 nitrogen and oxygen atoms in total. The summed E-state index contributed by atoms with van der Waals surface area (Å²) in [7, 11) is 1.65. The predicted molar refractivity (Wildman–Crippen MR) is 48.6 cm³/mol. The first-order valence-corrected chi connectivity index (χ1v) is 4.37. The maximum atomic E-state index is 12.1. The van der Waals surface area contributed by atoms with Gasteiger partial charge in [0.2, 0.25) is 17.7 Å². The van der Waals surface area contributed by atoms with Gasteiger partial charge in [-0.25, -0.2) is 0 Å². The van der Waals surface area contributed by atoms with Crippen molar-refractivity contribution in [3.05, 3.63) is 5.82 Å². The van der Waals surface area contributed by atoms with E-state index in [1.54, 1.807) is 12.1 Å². The van der Waals surface area contributed by atoms with Crippen LogP contribution in [0.3, 0.4) is 0 Å². The van der Waals surface area contributed by atoms with Crippen LogP contribution in [0.1, 0.15) is 12.2 Å². The number of alkyl halides is 3. The Morgan fingerprint density at radius 1 is 1.50 bits per heavy atom. The van der Waals surface area contributed by atoms with Crippen molar-refractivity contribution in [2.24, 2.45) is 0 Å². The number of nitrogens with zero attached hydrogens (tertiary/aromatic N) is 2. The third-order valence-electron chi connectivity index (χ3n) is 1.61. The summed E-state index contributed by atoms with van der Waals surface area (Å²) in [5.74, 6) is -2.08. The molecule has 0 bridgehead atoms. The van der Waals surface area contributed by atoms with Gasteiger partial charge in [-0.15, -0.1) is 5.10 Å². The predicted octanol–water partition coefficient (Wildman–Crippen LogP) is 0.371. The van der Waals surface area contributed by atoms with Gasteiger partial charge in [0.15, 0.2) is 0 Å². The van der Waals surface area contributed by atoms with Gasteiger partial charge in [0.05, 0.1) is 0 Å². The van der Waals surface area contributed by atoms with Crippen molar-refractivity contribution >= 4 is 11.9 Å². The van der Waals surface area contributed by atoms with Crippen LogP contribution in [-0.4, -0.2) is 34.7 Å². The SMILES string of the molecule is CNCCC(=O)Nc1n[nH]c(C(F)(F)F)n1. The van der Waals surface area contributed by atoms with Gasteiger partial charge in [-0.3, -0.25) is 15.2 Å². The summed E-state index contributed by atoms with van der Waals surface area (Å²) in [4.78, 5) is 14.2. The molecule has 90 valence electrons. The summed E-state index contributed by atoms with van der Waals surface area (Å²) in [6.07, 6.45) is -4.46. The fourth-order valence-corrected chi connectivity index (χ4v) is 0.870. The standard InChI is InChI=1S/C7H10F3N5O/c1-11-3-2-4(16)12-6-13-5(14-15-6)7(8,9)10/h11H,2-3H2,1H3,(H2,12,13,14,15,16). The van der Waals surface area contributed by atoms with Gasteiger partial charge in [-0.1, -0.05) is 0 Å². The smallest absolute Gasteiger partial charge is 0.319 e. The van der Waals surface area contributed by atoms with Crippen LogP contribution in [0.5, 0.6) is 0 Å². The van der Waals surface area contributed by atoms with E-state index in [9.17, 15) is 18.0 Å². The lowest BCUT2D eigenvalue weighted by Gasteiger charge is -2.00. The highest BCUT2D eigenvalue weighted by Gasteiger charge is 2.35. The first-order valence-electron chi connectivity index (χ1n) is 4.37. The molecule has 0 aliphatic heterocycles. The van der Waals surface area contributed by atoms with Crippen LogP contribution >= 0.6 is 0 Å². The van der Waals surface area contributed by atoms with Crippen LogP contribution in [0.25, 0.3) is 0 Å². The molecule has 16 heavy (non-hydrogen) atoms. The van der Waals surface area contributed by atoms with Gasteiger partial charge in [-0.2, -0.15) is 18.2 Å². The number of aromatic amines is 1. The number of hydrogen-bond donors (Lipinski definition) is 3. The molecule has 0 aliphatic rings. The van der Waals surface area contributed by atoms with E-state index >= 15 is 0 Å². The van der Waals surface area contributed by atoms with Gasteiger partial charge < -0.3 is 5.32 Å². The highest BCUT2D eigenvalue weighted by molar-refractivity contribution is 5.88. The second-order valence-corrected chi connectivity index (χ2v) is 2.91. The molecule has 0 saturated heterocycles. The molecule has 0 aromatic carbocycles. The second-order valence-electron chi connectivity index (χ2n) is 2.91. The summed E-state index contributed by atoms with van der Waals surface area (Å²) in [5.41, 5.74) is 0. The number of hydrogen-bond acceptors (Lipinski definition) is 4. The number of carbonyl (C=O) groups is 1. The molecule has 1 aromatic heterocycles. The first kappa shape index (κ1) is 12.4. The van der Waals surface area contributed by atoms with Crippen molar-refractivity contribution in [2.45, 2.75) is 12.6 Å². The minimum Gasteiger partial charge on any atom is -0.319 e. The van der Waals surface area contributed by atoms with Crippen LogP contribution < -0.4 is 10.6 Å². The van der Waals surface area contributed by atoms with Crippen molar-refractivity contribution in [2.75, 3.05) is 18.9 Å². The zero-order valence-corrected chi connectivity index (χ0v) is 8.35.